The molecule has 0 aliphatic rings. The Morgan fingerprint density at radius 1 is 1.00 bits per heavy atom. The second-order valence-electron chi connectivity index (χ2n) is 3.22. The highest BCUT2D eigenvalue weighted by molar-refractivity contribution is 6.33. The van der Waals surface area contributed by atoms with Crippen LogP contribution in [0.4, 0.5) is 0 Å². The molecular formula is C11H8Cl2N2. The fourth-order valence-corrected chi connectivity index (χ4v) is 1.72. The normalized spacial score (nSPS) is 10.3. The SMILES string of the molecule is Cc1ccc(-c2ccc(Cl)nn2)c(Cl)c1. The quantitative estimate of drug-likeness (QED) is 0.757. The Bertz CT molecular complexity index is 480. The summed E-state index contributed by atoms with van der Waals surface area (Å²) in [5.74, 6) is 0. The first kappa shape index (κ1) is 10.4. The lowest BCUT2D eigenvalue weighted by Gasteiger charge is -2.03. The van der Waals surface area contributed by atoms with Gasteiger partial charge in [-0.2, -0.15) is 0 Å². The Morgan fingerprint density at radius 3 is 2.40 bits per heavy atom. The molecule has 0 N–H and O–H groups in total. The average molecular weight is 239 g/mol. The number of aromatic nitrogens is 2. The van der Waals surface area contributed by atoms with Crippen LogP contribution >= 0.6 is 23.2 Å². The van der Waals surface area contributed by atoms with Crippen molar-refractivity contribution in [2.45, 2.75) is 6.92 Å². The first-order valence-corrected chi connectivity index (χ1v) is 5.18. The fourth-order valence-electron chi connectivity index (χ4n) is 1.29. The predicted molar refractivity (Wildman–Crippen MR) is 62.2 cm³/mol. The minimum absolute atomic E-state index is 0.377. The highest BCUT2D eigenvalue weighted by Gasteiger charge is 2.05. The second-order valence-corrected chi connectivity index (χ2v) is 4.02. The van der Waals surface area contributed by atoms with E-state index in [0.29, 0.717) is 10.2 Å². The number of rotatable bonds is 1. The zero-order chi connectivity index (χ0) is 10.8. The topological polar surface area (TPSA) is 25.8 Å². The highest BCUT2D eigenvalue weighted by Crippen LogP contribution is 2.26. The van der Waals surface area contributed by atoms with E-state index < -0.39 is 0 Å². The molecule has 15 heavy (non-hydrogen) atoms. The molecule has 0 bridgehead atoms. The number of hydrogen-bond donors (Lipinski definition) is 0. The van der Waals surface area contributed by atoms with Crippen molar-refractivity contribution in [3.8, 4) is 11.3 Å². The van der Waals surface area contributed by atoms with Gasteiger partial charge in [0.25, 0.3) is 0 Å². The van der Waals surface area contributed by atoms with E-state index in [4.69, 9.17) is 23.2 Å². The molecule has 0 saturated heterocycles. The monoisotopic (exact) mass is 238 g/mol. The van der Waals surface area contributed by atoms with E-state index in [0.717, 1.165) is 16.8 Å². The van der Waals surface area contributed by atoms with Crippen molar-refractivity contribution in [2.24, 2.45) is 0 Å². The fraction of sp³-hybridized carbons (Fsp3) is 0.0909. The van der Waals surface area contributed by atoms with Gasteiger partial charge in [0, 0.05) is 5.56 Å². The van der Waals surface area contributed by atoms with E-state index in [1.807, 2.05) is 25.1 Å². The highest BCUT2D eigenvalue weighted by atomic mass is 35.5. The van der Waals surface area contributed by atoms with Crippen LogP contribution in [0.5, 0.6) is 0 Å². The smallest absolute Gasteiger partial charge is 0.149 e. The van der Waals surface area contributed by atoms with Crippen LogP contribution in [0.1, 0.15) is 5.56 Å². The van der Waals surface area contributed by atoms with Crippen LogP contribution in [0, 0.1) is 6.92 Å². The van der Waals surface area contributed by atoms with Crippen LogP contribution in [0.3, 0.4) is 0 Å². The maximum Gasteiger partial charge on any atom is 0.151 e. The number of halogens is 2. The zero-order valence-corrected chi connectivity index (χ0v) is 9.55. The molecule has 0 unspecified atom stereocenters. The van der Waals surface area contributed by atoms with Gasteiger partial charge in [-0.25, -0.2) is 0 Å². The Morgan fingerprint density at radius 2 is 1.80 bits per heavy atom. The van der Waals surface area contributed by atoms with Crippen molar-refractivity contribution >= 4 is 23.2 Å². The third-order valence-electron chi connectivity index (χ3n) is 2.03. The summed E-state index contributed by atoms with van der Waals surface area (Å²) in [5, 5.41) is 8.80. The van der Waals surface area contributed by atoms with E-state index >= 15 is 0 Å². The largest absolute Gasteiger partial charge is 0.151 e. The molecule has 4 heteroatoms. The maximum atomic E-state index is 6.10. The summed E-state index contributed by atoms with van der Waals surface area (Å²) in [6.45, 7) is 1.99. The molecule has 76 valence electrons. The van der Waals surface area contributed by atoms with Gasteiger partial charge in [-0.3, -0.25) is 0 Å². The van der Waals surface area contributed by atoms with Gasteiger partial charge in [-0.1, -0.05) is 35.3 Å². The van der Waals surface area contributed by atoms with Gasteiger partial charge in [-0.15, -0.1) is 10.2 Å². The molecule has 2 rings (SSSR count). The summed E-state index contributed by atoms with van der Waals surface area (Å²) in [4.78, 5) is 0. The Hall–Kier alpha value is -1.12. The predicted octanol–water partition coefficient (Wildman–Crippen LogP) is 3.76. The van der Waals surface area contributed by atoms with Gasteiger partial charge in [0.2, 0.25) is 0 Å². The third kappa shape index (κ3) is 2.28. The maximum absolute atomic E-state index is 6.10. The van der Waals surface area contributed by atoms with E-state index in [2.05, 4.69) is 10.2 Å². The van der Waals surface area contributed by atoms with Gasteiger partial charge in [0.15, 0.2) is 5.15 Å². The zero-order valence-electron chi connectivity index (χ0n) is 8.04. The Balaban J connectivity index is 2.49. The van der Waals surface area contributed by atoms with Crippen molar-refractivity contribution < 1.29 is 0 Å². The molecule has 0 radical (unpaired) electrons. The first-order valence-electron chi connectivity index (χ1n) is 4.42. The molecule has 1 aromatic heterocycles. The Labute approximate surface area is 97.9 Å². The summed E-state index contributed by atoms with van der Waals surface area (Å²) in [5.41, 5.74) is 2.71. The number of benzene rings is 1. The summed E-state index contributed by atoms with van der Waals surface area (Å²) in [6, 6.07) is 9.30. The lowest BCUT2D eigenvalue weighted by molar-refractivity contribution is 1.04. The molecule has 0 spiro atoms. The van der Waals surface area contributed by atoms with Gasteiger partial charge in [0.1, 0.15) is 0 Å². The summed E-state index contributed by atoms with van der Waals surface area (Å²) in [6.07, 6.45) is 0. The number of hydrogen-bond acceptors (Lipinski definition) is 2. The third-order valence-corrected chi connectivity index (χ3v) is 2.55. The minimum atomic E-state index is 0.377. The molecule has 0 amide bonds. The van der Waals surface area contributed by atoms with Gasteiger partial charge < -0.3 is 0 Å². The Kier molecular flexibility index (Phi) is 2.89. The van der Waals surface area contributed by atoms with Crippen molar-refractivity contribution in [3.63, 3.8) is 0 Å². The van der Waals surface area contributed by atoms with Gasteiger partial charge in [-0.05, 0) is 30.7 Å². The molecule has 0 aliphatic carbocycles. The standard InChI is InChI=1S/C11H8Cl2N2/c1-7-2-3-8(9(12)6-7)10-4-5-11(13)15-14-10/h2-6H,1H3. The van der Waals surface area contributed by atoms with Crippen molar-refractivity contribution in [1.29, 1.82) is 0 Å². The number of aryl methyl sites for hydroxylation is 1. The summed E-state index contributed by atoms with van der Waals surface area (Å²) >= 11 is 11.8. The van der Waals surface area contributed by atoms with Crippen LogP contribution in [0.15, 0.2) is 30.3 Å². The first-order chi connectivity index (χ1) is 7.16. The van der Waals surface area contributed by atoms with Crippen molar-refractivity contribution in [2.75, 3.05) is 0 Å². The van der Waals surface area contributed by atoms with Gasteiger partial charge in [0.05, 0.1) is 10.7 Å². The van der Waals surface area contributed by atoms with E-state index in [-0.39, 0.29) is 0 Å². The van der Waals surface area contributed by atoms with E-state index in [9.17, 15) is 0 Å². The van der Waals surface area contributed by atoms with E-state index in [1.54, 1.807) is 12.1 Å². The average Bonchev–Trinajstić information content (AvgIpc) is 2.20. The summed E-state index contributed by atoms with van der Waals surface area (Å²) in [7, 11) is 0. The van der Waals surface area contributed by atoms with Crippen LogP contribution < -0.4 is 0 Å². The van der Waals surface area contributed by atoms with Crippen LogP contribution in [0.2, 0.25) is 10.2 Å². The summed E-state index contributed by atoms with van der Waals surface area (Å²) < 4.78 is 0. The minimum Gasteiger partial charge on any atom is -0.149 e. The molecule has 2 aromatic rings. The van der Waals surface area contributed by atoms with Crippen molar-refractivity contribution in [1.82, 2.24) is 10.2 Å². The van der Waals surface area contributed by atoms with Crippen LogP contribution in [0.25, 0.3) is 11.3 Å². The second kappa shape index (κ2) is 4.17. The molecular weight excluding hydrogens is 231 g/mol. The van der Waals surface area contributed by atoms with Crippen molar-refractivity contribution in [3.05, 3.63) is 46.1 Å². The molecule has 2 nitrogen and oxygen atoms in total. The molecule has 1 heterocycles. The molecule has 0 fully saturated rings. The molecule has 0 saturated carbocycles. The lowest BCUT2D eigenvalue weighted by Crippen LogP contribution is -1.88. The van der Waals surface area contributed by atoms with Gasteiger partial charge >= 0.3 is 0 Å². The molecule has 0 aliphatic heterocycles. The van der Waals surface area contributed by atoms with Crippen LogP contribution in [-0.2, 0) is 0 Å². The van der Waals surface area contributed by atoms with Crippen LogP contribution in [-0.4, -0.2) is 10.2 Å². The van der Waals surface area contributed by atoms with E-state index in [1.165, 1.54) is 0 Å². The lowest BCUT2D eigenvalue weighted by atomic mass is 10.1. The molecule has 0 atom stereocenters. The molecule has 1 aromatic carbocycles. The number of nitrogens with zero attached hydrogens (tertiary/aromatic N) is 2.